The Morgan fingerprint density at radius 2 is 1.58 bits per heavy atom. The van der Waals surface area contributed by atoms with E-state index < -0.39 is 28.7 Å². The number of hydrazine groups is 1. The first-order valence-electron chi connectivity index (χ1n) is 7.88. The van der Waals surface area contributed by atoms with Gasteiger partial charge in [0.05, 0.1) is 5.52 Å². The lowest BCUT2D eigenvalue weighted by Gasteiger charge is -2.12. The maximum absolute atomic E-state index is 12.4. The Bertz CT molecular complexity index is 1070. The molecule has 0 spiro atoms. The Morgan fingerprint density at radius 1 is 0.962 bits per heavy atom. The number of aromatic nitrogens is 1. The van der Waals surface area contributed by atoms with Crippen molar-refractivity contribution in [3.63, 3.8) is 0 Å². The minimum Gasteiger partial charge on any atom is -0.506 e. The van der Waals surface area contributed by atoms with Gasteiger partial charge in [-0.3, -0.25) is 25.2 Å². The van der Waals surface area contributed by atoms with Crippen molar-refractivity contribution in [2.45, 2.75) is 6.92 Å². The molecule has 2 amide bonds. The average molecular weight is 351 g/mol. The summed E-state index contributed by atoms with van der Waals surface area (Å²) in [5.74, 6) is -1.85. The summed E-state index contributed by atoms with van der Waals surface area (Å²) in [6.07, 6.45) is 0. The Labute approximate surface area is 148 Å². The van der Waals surface area contributed by atoms with Gasteiger partial charge < -0.3 is 9.67 Å². The van der Waals surface area contributed by atoms with Gasteiger partial charge in [-0.1, -0.05) is 29.8 Å². The highest BCUT2D eigenvalue weighted by Gasteiger charge is 2.21. The normalized spacial score (nSPS) is 10.5. The van der Waals surface area contributed by atoms with Gasteiger partial charge in [-0.15, -0.1) is 0 Å². The van der Waals surface area contributed by atoms with Crippen LogP contribution in [-0.4, -0.2) is 21.5 Å². The van der Waals surface area contributed by atoms with Crippen LogP contribution in [0.5, 0.6) is 5.75 Å². The molecule has 1 heterocycles. The van der Waals surface area contributed by atoms with Gasteiger partial charge in [-0.2, -0.15) is 0 Å². The fourth-order valence-corrected chi connectivity index (χ4v) is 2.64. The summed E-state index contributed by atoms with van der Waals surface area (Å²) in [6, 6.07) is 13.4. The molecule has 0 saturated heterocycles. The lowest BCUT2D eigenvalue weighted by Crippen LogP contribution is -2.44. The number of hydrogen-bond donors (Lipinski definition) is 3. The van der Waals surface area contributed by atoms with Gasteiger partial charge in [-0.25, -0.2) is 0 Å². The molecular weight excluding hydrogens is 334 g/mol. The van der Waals surface area contributed by atoms with Crippen molar-refractivity contribution in [1.29, 1.82) is 0 Å². The number of aromatic hydroxyl groups is 1. The molecule has 3 rings (SSSR count). The molecule has 0 aliphatic carbocycles. The maximum Gasteiger partial charge on any atom is 0.279 e. The van der Waals surface area contributed by atoms with E-state index in [2.05, 4.69) is 10.9 Å². The van der Waals surface area contributed by atoms with Crippen LogP contribution in [0.25, 0.3) is 10.9 Å². The van der Waals surface area contributed by atoms with Crippen molar-refractivity contribution >= 4 is 22.7 Å². The third-order valence-electron chi connectivity index (χ3n) is 4.11. The highest BCUT2D eigenvalue weighted by molar-refractivity contribution is 6.03. The number of pyridine rings is 1. The maximum atomic E-state index is 12.4. The van der Waals surface area contributed by atoms with Crippen LogP contribution < -0.4 is 16.4 Å². The van der Waals surface area contributed by atoms with E-state index >= 15 is 0 Å². The molecule has 26 heavy (non-hydrogen) atoms. The molecule has 132 valence electrons. The number of carbonyl (C=O) groups excluding carboxylic acids is 2. The summed E-state index contributed by atoms with van der Waals surface area (Å²) in [5.41, 5.74) is 5.16. The molecular formula is C19H17N3O4. The van der Waals surface area contributed by atoms with Gasteiger partial charge in [-0.05, 0) is 31.2 Å². The van der Waals surface area contributed by atoms with Gasteiger partial charge >= 0.3 is 0 Å². The van der Waals surface area contributed by atoms with Crippen LogP contribution in [0.15, 0.2) is 53.3 Å². The number of hydrogen-bond acceptors (Lipinski definition) is 4. The van der Waals surface area contributed by atoms with E-state index in [0.717, 1.165) is 5.56 Å². The minimum absolute atomic E-state index is 0.353. The van der Waals surface area contributed by atoms with Gasteiger partial charge in [0.15, 0.2) is 0 Å². The van der Waals surface area contributed by atoms with Crippen molar-refractivity contribution in [2.24, 2.45) is 7.05 Å². The van der Waals surface area contributed by atoms with E-state index in [1.807, 2.05) is 6.92 Å². The topological polar surface area (TPSA) is 100 Å². The Kier molecular flexibility index (Phi) is 4.45. The second kappa shape index (κ2) is 6.72. The van der Waals surface area contributed by atoms with E-state index in [0.29, 0.717) is 16.5 Å². The van der Waals surface area contributed by atoms with Crippen molar-refractivity contribution in [3.8, 4) is 5.75 Å². The third kappa shape index (κ3) is 3.02. The van der Waals surface area contributed by atoms with E-state index in [4.69, 9.17) is 0 Å². The molecule has 0 unspecified atom stereocenters. The van der Waals surface area contributed by atoms with Gasteiger partial charge in [0.2, 0.25) is 0 Å². The number of para-hydroxylation sites is 1. The second-order valence-corrected chi connectivity index (χ2v) is 5.88. The van der Waals surface area contributed by atoms with Gasteiger partial charge in [0.1, 0.15) is 11.3 Å². The summed E-state index contributed by atoms with van der Waals surface area (Å²) in [6.45, 7) is 1.89. The summed E-state index contributed by atoms with van der Waals surface area (Å²) < 4.78 is 1.27. The number of carbonyl (C=O) groups is 2. The zero-order chi connectivity index (χ0) is 18.8. The lowest BCUT2D eigenvalue weighted by atomic mass is 10.1. The van der Waals surface area contributed by atoms with Gasteiger partial charge in [0.25, 0.3) is 17.4 Å². The van der Waals surface area contributed by atoms with Crippen LogP contribution in [-0.2, 0) is 7.05 Å². The number of fused-ring (bicyclic) bond motifs is 1. The fourth-order valence-electron chi connectivity index (χ4n) is 2.64. The SMILES string of the molecule is Cc1ccc(C(=O)NNC(=O)c2c(O)c3ccccc3n(C)c2=O)cc1. The minimum atomic E-state index is -0.894. The van der Waals surface area contributed by atoms with Crippen LogP contribution in [0.3, 0.4) is 0 Å². The van der Waals surface area contributed by atoms with Crippen molar-refractivity contribution in [1.82, 2.24) is 15.4 Å². The molecule has 7 heteroatoms. The standard InChI is InChI=1S/C19H17N3O4/c1-11-7-9-12(10-8-11)17(24)20-21-18(25)15-16(23)13-5-3-4-6-14(13)22(2)19(15)26/h3-10,23H,1-2H3,(H,20,24)(H,21,25). The molecule has 0 radical (unpaired) electrons. The van der Waals surface area contributed by atoms with Crippen LogP contribution >= 0.6 is 0 Å². The monoisotopic (exact) mass is 351 g/mol. The average Bonchev–Trinajstić information content (AvgIpc) is 2.65. The van der Waals surface area contributed by atoms with Crippen molar-refractivity contribution < 1.29 is 14.7 Å². The first-order chi connectivity index (χ1) is 12.4. The fraction of sp³-hybridized carbons (Fsp3) is 0.105. The summed E-state index contributed by atoms with van der Waals surface area (Å²) in [4.78, 5) is 36.9. The number of nitrogens with one attached hydrogen (secondary N) is 2. The molecule has 0 atom stereocenters. The van der Waals surface area contributed by atoms with E-state index in [1.165, 1.54) is 11.6 Å². The highest BCUT2D eigenvalue weighted by atomic mass is 16.3. The molecule has 0 fully saturated rings. The van der Waals surface area contributed by atoms with Crippen LogP contribution in [0.2, 0.25) is 0 Å². The largest absolute Gasteiger partial charge is 0.506 e. The van der Waals surface area contributed by atoms with Gasteiger partial charge in [0, 0.05) is 18.0 Å². The number of amides is 2. The quantitative estimate of drug-likeness (QED) is 0.611. The predicted molar refractivity (Wildman–Crippen MR) is 97.0 cm³/mol. The number of aryl methyl sites for hydroxylation is 2. The summed E-state index contributed by atoms with van der Waals surface area (Å²) >= 11 is 0. The molecule has 3 aromatic rings. The predicted octanol–water partition coefficient (Wildman–Crippen LogP) is 1.63. The Balaban J connectivity index is 1.87. The molecule has 7 nitrogen and oxygen atoms in total. The van der Waals surface area contributed by atoms with Crippen molar-refractivity contribution in [3.05, 3.63) is 75.6 Å². The highest BCUT2D eigenvalue weighted by Crippen LogP contribution is 2.25. The number of nitrogens with zero attached hydrogens (tertiary/aromatic N) is 1. The van der Waals surface area contributed by atoms with E-state index in [1.54, 1.807) is 48.5 Å². The molecule has 0 bridgehead atoms. The molecule has 1 aromatic heterocycles. The molecule has 0 aliphatic rings. The third-order valence-corrected chi connectivity index (χ3v) is 4.11. The number of benzene rings is 2. The first-order valence-corrected chi connectivity index (χ1v) is 7.88. The van der Waals surface area contributed by atoms with Crippen LogP contribution in [0, 0.1) is 6.92 Å². The summed E-state index contributed by atoms with van der Waals surface area (Å²) in [7, 11) is 1.51. The molecule has 3 N–H and O–H groups in total. The van der Waals surface area contributed by atoms with E-state index in [-0.39, 0.29) is 0 Å². The smallest absolute Gasteiger partial charge is 0.279 e. The Hall–Kier alpha value is -3.61. The lowest BCUT2D eigenvalue weighted by molar-refractivity contribution is 0.0844. The molecule has 0 saturated carbocycles. The van der Waals surface area contributed by atoms with Crippen LogP contribution in [0.1, 0.15) is 26.3 Å². The zero-order valence-corrected chi connectivity index (χ0v) is 14.2. The number of rotatable bonds is 2. The van der Waals surface area contributed by atoms with Crippen LogP contribution in [0.4, 0.5) is 0 Å². The first kappa shape index (κ1) is 17.2. The van der Waals surface area contributed by atoms with Crippen molar-refractivity contribution in [2.75, 3.05) is 0 Å². The molecule has 2 aromatic carbocycles. The zero-order valence-electron chi connectivity index (χ0n) is 14.2. The Morgan fingerprint density at radius 3 is 2.27 bits per heavy atom. The summed E-state index contributed by atoms with van der Waals surface area (Å²) in [5, 5.41) is 10.7. The molecule has 0 aliphatic heterocycles. The second-order valence-electron chi connectivity index (χ2n) is 5.88. The van der Waals surface area contributed by atoms with E-state index in [9.17, 15) is 19.5 Å².